The molecule has 0 spiro atoms. The van der Waals surface area contributed by atoms with E-state index in [1.807, 2.05) is 0 Å². The molecule has 0 fully saturated rings. The van der Waals surface area contributed by atoms with Gasteiger partial charge in [0.2, 0.25) is 0 Å². The fourth-order valence-corrected chi connectivity index (χ4v) is 15.1. The van der Waals surface area contributed by atoms with Gasteiger partial charge >= 0.3 is 0 Å². The zero-order valence-electron chi connectivity index (χ0n) is 48.0. The number of hydrogen-bond donors (Lipinski definition) is 0. The molecule has 4 aliphatic rings. The Morgan fingerprint density at radius 3 is 0.619 bits per heavy atom. The van der Waals surface area contributed by atoms with E-state index in [0.29, 0.717) is 0 Å². The number of fused-ring (bicyclic) bond motifs is 4. The van der Waals surface area contributed by atoms with Crippen molar-refractivity contribution in [3.63, 3.8) is 0 Å². The van der Waals surface area contributed by atoms with E-state index in [9.17, 15) is 0 Å². The van der Waals surface area contributed by atoms with Crippen molar-refractivity contribution in [3.8, 4) is 0 Å². The van der Waals surface area contributed by atoms with Crippen LogP contribution in [-0.4, -0.2) is 0 Å². The molecule has 4 aliphatic carbocycles. The van der Waals surface area contributed by atoms with Crippen molar-refractivity contribution in [3.05, 3.63) is 275 Å². The maximum absolute atomic E-state index is 2.58. The van der Waals surface area contributed by atoms with Crippen molar-refractivity contribution < 1.29 is 0 Å². The summed E-state index contributed by atoms with van der Waals surface area (Å²) in [5.74, 6) is 0. The summed E-state index contributed by atoms with van der Waals surface area (Å²) in [4.78, 5) is 10.3. The van der Waals surface area contributed by atoms with Crippen LogP contribution in [-0.2, 0) is 51.4 Å². The molecular weight excluding hydrogens is 1020 g/mol. The number of anilines is 12. The van der Waals surface area contributed by atoms with Gasteiger partial charge in [0.15, 0.2) is 0 Å². The normalized spacial score (nSPS) is 14.6. The largest absolute Gasteiger partial charge is 0.310 e. The third kappa shape index (κ3) is 8.97. The Hall–Kier alpha value is -9.12. The Kier molecular flexibility index (Phi) is 13.0. The van der Waals surface area contributed by atoms with E-state index >= 15 is 0 Å². The van der Waals surface area contributed by atoms with Crippen molar-refractivity contribution in [1.82, 2.24) is 0 Å². The number of benzene rings is 12. The minimum absolute atomic E-state index is 1.10. The first-order valence-corrected chi connectivity index (χ1v) is 31.3. The minimum atomic E-state index is 1.10. The maximum Gasteiger partial charge on any atom is 0.0561 e. The van der Waals surface area contributed by atoms with Crippen LogP contribution >= 0.6 is 0 Å². The highest BCUT2D eigenvalue weighted by atomic mass is 15.2. The number of hydrogen-bond acceptors (Lipinski definition) is 4. The van der Waals surface area contributed by atoms with Crippen molar-refractivity contribution in [2.24, 2.45) is 0 Å². The van der Waals surface area contributed by atoms with Crippen LogP contribution < -0.4 is 19.6 Å². The average Bonchev–Trinajstić information content (AvgIpc) is 1.24. The summed E-state index contributed by atoms with van der Waals surface area (Å²) < 4.78 is 0. The number of rotatable bonds is 12. The third-order valence-corrected chi connectivity index (χ3v) is 19.2. The van der Waals surface area contributed by atoms with Gasteiger partial charge in [-0.25, -0.2) is 0 Å². The minimum Gasteiger partial charge on any atom is -0.310 e. The summed E-state index contributed by atoms with van der Waals surface area (Å²) in [6, 6.07) is 89.0. The highest BCUT2D eigenvalue weighted by Gasteiger charge is 2.31. The number of nitrogens with zero attached hydrogens (tertiary/aromatic N) is 4. The summed E-state index contributed by atoms with van der Waals surface area (Å²) in [5.41, 5.74) is 25.8. The summed E-state index contributed by atoms with van der Waals surface area (Å²) in [7, 11) is 0. The van der Waals surface area contributed by atoms with Crippen molar-refractivity contribution >= 4 is 101 Å². The lowest BCUT2D eigenvalue weighted by atomic mass is 9.88. The summed E-state index contributed by atoms with van der Waals surface area (Å²) >= 11 is 0. The molecule has 12 aromatic rings. The first kappa shape index (κ1) is 50.6. The Balaban J connectivity index is 1.06. The molecule has 4 nitrogen and oxygen atoms in total. The molecule has 12 aromatic carbocycles. The van der Waals surface area contributed by atoms with Gasteiger partial charge < -0.3 is 19.6 Å². The molecule has 0 aliphatic heterocycles. The quantitative estimate of drug-likeness (QED) is 0.113. The molecule has 0 atom stereocenters. The van der Waals surface area contributed by atoms with Gasteiger partial charge in [-0.1, -0.05) is 121 Å². The molecule has 410 valence electrons. The highest BCUT2D eigenvalue weighted by molar-refractivity contribution is 6.33. The van der Waals surface area contributed by atoms with Gasteiger partial charge in [-0.15, -0.1) is 0 Å². The highest BCUT2D eigenvalue weighted by Crippen LogP contribution is 2.55. The van der Waals surface area contributed by atoms with Gasteiger partial charge in [0.05, 0.1) is 22.7 Å². The topological polar surface area (TPSA) is 13.0 Å². The van der Waals surface area contributed by atoms with Crippen LogP contribution in [0.1, 0.15) is 95.9 Å². The summed E-state index contributed by atoms with van der Waals surface area (Å²) in [5, 5.41) is 7.39. The molecule has 0 heterocycles. The molecule has 0 aromatic heterocycles. The number of aryl methyl sites for hydroxylation is 8. The zero-order valence-corrected chi connectivity index (χ0v) is 48.0. The standard InChI is InChI=1S/C80H70N4/c1-5-29-63(30-6-1)81(67-41-37-55-21-13-17-25-59(55)49-67)75-53-76(82(64-31-7-2-8-32-64)68-42-38-56-22-14-18-26-60(56)50-68)72-47-48-74-78(84(66-35-11-4-12-36-66)70-44-40-58-24-16-20-28-62(58)52-70)54-77(73-46-45-71(75)79(72)80(73)74)83(65-33-9-3-10-34-65)69-43-39-57-23-15-19-27-61(57)51-69/h1-12,29-54H,13-28H2. The first-order valence-electron chi connectivity index (χ1n) is 31.3. The molecule has 0 bridgehead atoms. The molecule has 0 unspecified atom stereocenters. The molecule has 0 N–H and O–H groups in total. The van der Waals surface area contributed by atoms with Crippen LogP contribution in [0.25, 0.3) is 32.3 Å². The van der Waals surface area contributed by atoms with Crippen LogP contribution in [0, 0.1) is 0 Å². The van der Waals surface area contributed by atoms with E-state index in [4.69, 9.17) is 0 Å². The zero-order chi connectivity index (χ0) is 55.5. The van der Waals surface area contributed by atoms with E-state index in [1.165, 1.54) is 151 Å². The van der Waals surface area contributed by atoms with Gasteiger partial charge in [-0.3, -0.25) is 0 Å². The Morgan fingerprint density at radius 2 is 0.393 bits per heavy atom. The van der Waals surface area contributed by atoms with E-state index in [1.54, 1.807) is 0 Å². The average molecular weight is 1090 g/mol. The molecule has 4 heteroatoms. The lowest BCUT2D eigenvalue weighted by molar-refractivity contribution is 0.685. The Labute approximate surface area is 495 Å². The van der Waals surface area contributed by atoms with Gasteiger partial charge in [-0.2, -0.15) is 0 Å². The summed E-state index contributed by atoms with van der Waals surface area (Å²) in [6.45, 7) is 0. The van der Waals surface area contributed by atoms with Gasteiger partial charge in [0, 0.05) is 77.8 Å². The first-order chi connectivity index (χ1) is 41.7. The van der Waals surface area contributed by atoms with Gasteiger partial charge in [0.25, 0.3) is 0 Å². The third-order valence-electron chi connectivity index (χ3n) is 19.2. The SMILES string of the molecule is c1ccc(N(c2ccc3c(c2)CCCC3)c2cc(N(c3ccccc3)c3ccc4c(c3)CCCC4)c3ccc4c(N(c5ccccc5)c5ccc6c(c5)CCCC6)cc(N(c5ccccc5)c5ccc6c(c5)CCCC6)c5ccc2c3c54)cc1. The fraction of sp³-hybridized carbons (Fsp3) is 0.200. The molecule has 84 heavy (non-hydrogen) atoms. The van der Waals surface area contributed by atoms with Crippen molar-refractivity contribution in [2.75, 3.05) is 19.6 Å². The van der Waals surface area contributed by atoms with Crippen molar-refractivity contribution in [1.29, 1.82) is 0 Å². The predicted molar refractivity (Wildman–Crippen MR) is 355 cm³/mol. The van der Waals surface area contributed by atoms with E-state index in [0.717, 1.165) is 96.9 Å². The van der Waals surface area contributed by atoms with Gasteiger partial charge in [0.1, 0.15) is 0 Å². The van der Waals surface area contributed by atoms with E-state index in [-0.39, 0.29) is 0 Å². The Bertz CT molecular complexity index is 3840. The van der Waals surface area contributed by atoms with Crippen LogP contribution in [0.5, 0.6) is 0 Å². The number of para-hydroxylation sites is 4. The Morgan fingerprint density at radius 1 is 0.179 bits per heavy atom. The van der Waals surface area contributed by atoms with Crippen LogP contribution in [0.2, 0.25) is 0 Å². The predicted octanol–water partition coefficient (Wildman–Crippen LogP) is 22.0. The fourth-order valence-electron chi connectivity index (χ4n) is 15.1. The maximum atomic E-state index is 2.58. The second kappa shape index (κ2) is 21.6. The van der Waals surface area contributed by atoms with Crippen LogP contribution in [0.4, 0.5) is 68.2 Å². The second-order valence-corrected chi connectivity index (χ2v) is 24.2. The van der Waals surface area contributed by atoms with E-state index in [2.05, 4.69) is 250 Å². The lowest BCUT2D eigenvalue weighted by Gasteiger charge is -2.35. The van der Waals surface area contributed by atoms with Crippen LogP contribution in [0.3, 0.4) is 0 Å². The lowest BCUT2D eigenvalue weighted by Crippen LogP contribution is -2.17. The second-order valence-electron chi connectivity index (χ2n) is 24.2. The monoisotopic (exact) mass is 1090 g/mol. The smallest absolute Gasteiger partial charge is 0.0561 e. The van der Waals surface area contributed by atoms with Crippen molar-refractivity contribution in [2.45, 2.75) is 103 Å². The molecule has 0 radical (unpaired) electrons. The molecule has 0 saturated carbocycles. The van der Waals surface area contributed by atoms with Crippen LogP contribution in [0.15, 0.2) is 231 Å². The van der Waals surface area contributed by atoms with Gasteiger partial charge in [-0.05, 0) is 256 Å². The summed E-state index contributed by atoms with van der Waals surface area (Å²) in [6.07, 6.45) is 18.8. The molecule has 16 rings (SSSR count). The molecule has 0 amide bonds. The molecular formula is C80H70N4. The molecule has 0 saturated heterocycles. The van der Waals surface area contributed by atoms with E-state index < -0.39 is 0 Å².